The monoisotopic (exact) mass is 1440 g/mol. The fourth-order valence-electron chi connectivity index (χ4n) is 12.6. The molecule has 8 heterocycles. The van der Waals surface area contributed by atoms with Gasteiger partial charge >= 0.3 is 0 Å². The maximum absolute atomic E-state index is 12.9. The lowest BCUT2D eigenvalue weighted by molar-refractivity contribution is -0.385. The number of hydrogen-bond donors (Lipinski definition) is 26. The zero-order valence-corrected chi connectivity index (χ0v) is 52.4. The molecule has 44 heteroatoms. The van der Waals surface area contributed by atoms with Crippen molar-refractivity contribution in [3.63, 3.8) is 0 Å². The first-order chi connectivity index (χ1) is 46.4. The summed E-state index contributed by atoms with van der Waals surface area (Å²) in [5.41, 5.74) is 0. The zero-order valence-electron chi connectivity index (χ0n) is 52.4. The number of aliphatic hydroxyl groups excluding tert-OH is 23. The number of aliphatic hydroxyl groups is 23. The highest BCUT2D eigenvalue weighted by molar-refractivity contribution is 5.74. The molecule has 0 spiro atoms. The van der Waals surface area contributed by atoms with E-state index in [1.54, 1.807) is 0 Å². The molecular formula is C54H91N3O41. The van der Waals surface area contributed by atoms with Gasteiger partial charge in [-0.15, -0.1) is 0 Å². The zero-order chi connectivity index (χ0) is 72.2. The van der Waals surface area contributed by atoms with E-state index < -0.39 is 316 Å². The number of ether oxygens (including phenoxy) is 15. The van der Waals surface area contributed by atoms with E-state index in [9.17, 15) is 132 Å². The summed E-state index contributed by atoms with van der Waals surface area (Å²) in [7, 11) is 0. The topological polar surface area (TPSA) is 691 Å². The Balaban J connectivity index is 1.05. The Morgan fingerprint density at radius 2 is 0.551 bits per heavy atom. The molecule has 0 saturated carbocycles. The molecular weight excluding hydrogens is 1350 g/mol. The first-order valence-corrected chi connectivity index (χ1v) is 31.1. The van der Waals surface area contributed by atoms with E-state index in [4.69, 9.17) is 71.1 Å². The number of nitrogens with one attached hydrogen (secondary N) is 3. The normalized spacial score (nSPS) is 49.5. The van der Waals surface area contributed by atoms with Crippen molar-refractivity contribution in [3.8, 4) is 0 Å². The van der Waals surface area contributed by atoms with Crippen molar-refractivity contribution in [2.75, 3.05) is 52.9 Å². The summed E-state index contributed by atoms with van der Waals surface area (Å²) in [6.45, 7) is -5.37. The molecule has 0 radical (unpaired) electrons. The van der Waals surface area contributed by atoms with E-state index in [2.05, 4.69) is 16.0 Å². The minimum absolute atomic E-state index is 0.878. The molecule has 568 valence electrons. The Morgan fingerprint density at radius 3 is 0.939 bits per heavy atom. The van der Waals surface area contributed by atoms with Crippen LogP contribution in [0.2, 0.25) is 0 Å². The number of rotatable bonds is 25. The van der Waals surface area contributed by atoms with Crippen LogP contribution in [-0.2, 0) is 85.4 Å². The molecule has 0 aromatic carbocycles. The lowest BCUT2D eigenvalue weighted by Crippen LogP contribution is -2.70. The summed E-state index contributed by atoms with van der Waals surface area (Å²) in [6.07, 6.45) is -74.1. The van der Waals surface area contributed by atoms with Gasteiger partial charge in [-0.1, -0.05) is 0 Å². The van der Waals surface area contributed by atoms with Crippen LogP contribution >= 0.6 is 0 Å². The summed E-state index contributed by atoms with van der Waals surface area (Å²) < 4.78 is 87.2. The molecule has 3 amide bonds. The van der Waals surface area contributed by atoms with Crippen molar-refractivity contribution in [3.05, 3.63) is 0 Å². The maximum Gasteiger partial charge on any atom is 0.217 e. The highest BCUT2D eigenvalue weighted by atomic mass is 16.8. The number of carbonyl (C=O) groups is 3. The molecule has 8 fully saturated rings. The molecule has 26 N–H and O–H groups in total. The first kappa shape index (κ1) is 80.6. The highest BCUT2D eigenvalue weighted by Gasteiger charge is 2.60. The van der Waals surface area contributed by atoms with Gasteiger partial charge in [0, 0.05) is 20.8 Å². The molecule has 0 aromatic rings. The molecule has 98 heavy (non-hydrogen) atoms. The van der Waals surface area contributed by atoms with Gasteiger partial charge in [0.25, 0.3) is 0 Å². The molecule has 44 nitrogen and oxygen atoms in total. The fraction of sp³-hybridized carbons (Fsp3) is 0.944. The second kappa shape index (κ2) is 35.1. The van der Waals surface area contributed by atoms with Crippen LogP contribution in [-0.4, -0.2) is 433 Å². The molecule has 8 rings (SSSR count). The summed E-state index contributed by atoms with van der Waals surface area (Å²) in [5.74, 6) is -2.71. The maximum atomic E-state index is 12.9. The number of amides is 3. The molecule has 8 aliphatic heterocycles. The van der Waals surface area contributed by atoms with Crippen LogP contribution in [0.4, 0.5) is 0 Å². The second-order valence-electron chi connectivity index (χ2n) is 24.6. The third-order valence-corrected chi connectivity index (χ3v) is 17.8. The Bertz CT molecular complexity index is 2510. The summed E-state index contributed by atoms with van der Waals surface area (Å²) >= 11 is 0. The predicted octanol–water partition coefficient (Wildman–Crippen LogP) is -18.0. The van der Waals surface area contributed by atoms with Gasteiger partial charge < -0.3 is 204 Å². The first-order valence-electron chi connectivity index (χ1n) is 31.1. The Kier molecular flexibility index (Phi) is 28.9. The minimum atomic E-state index is -2.36. The Morgan fingerprint density at radius 1 is 0.265 bits per heavy atom. The van der Waals surface area contributed by atoms with Crippen LogP contribution in [0.25, 0.3) is 0 Å². The molecule has 0 aliphatic carbocycles. The van der Waals surface area contributed by atoms with Crippen LogP contribution < -0.4 is 16.0 Å². The standard InChI is InChI=1S/C54H91N3O41/c1-12(65)55-23-32(74)41(93-53-39(81)45(30(72)19(8-62)90-53)97-49-24(56-13(2)66)43(28(70)17(6-60)86-49)95-51-37(79)33(75)26(68)15(4-58)88-51)21(10-64)91-48(23)84-11-22-31(73)46(40(82)54(92-22)94-42-20(9-63)85-47(83)36(78)35(42)77)98-50-25(57-14(3)67)44(29(71)18(7-61)87-50)96-52-38(80)34(76)27(69)16(5-59)89-52/h15-54,58-64,68-83H,4-11H2,1-3H3,(H,55,65)(H,56,66)(H,57,67)/t15-,16-,17-,18-,19-,20-,21-,22-,23-,24-,25-,26+,27+,28-,29-,30+,31+,32-,33+,34+,35-,36-,37-,38-,39-,40-,41-,42-,43-,44-,45+,46+,47-,48-,49+,50+,51+,52+,53+,54+/m1/s1. The number of carbonyl (C=O) groups excluding carboxylic acids is 3. The largest absolute Gasteiger partial charge is 0.394 e. The van der Waals surface area contributed by atoms with Gasteiger partial charge in [0.1, 0.15) is 195 Å². The van der Waals surface area contributed by atoms with E-state index in [1.165, 1.54) is 0 Å². The lowest BCUT2D eigenvalue weighted by atomic mass is 9.94. The molecule has 8 aliphatic rings. The molecule has 8 saturated heterocycles. The van der Waals surface area contributed by atoms with Crippen molar-refractivity contribution >= 4 is 17.7 Å². The predicted molar refractivity (Wildman–Crippen MR) is 299 cm³/mol. The average Bonchev–Trinajstić information content (AvgIpc) is 0.774. The molecule has 0 unspecified atom stereocenters. The summed E-state index contributed by atoms with van der Waals surface area (Å²) in [4.78, 5) is 38.6. The second-order valence-corrected chi connectivity index (χ2v) is 24.6. The van der Waals surface area contributed by atoms with Gasteiger partial charge in [-0.2, -0.15) is 0 Å². The third-order valence-electron chi connectivity index (χ3n) is 17.8. The molecule has 0 aromatic heterocycles. The van der Waals surface area contributed by atoms with Crippen LogP contribution in [0.3, 0.4) is 0 Å². The van der Waals surface area contributed by atoms with Crippen molar-refractivity contribution in [1.29, 1.82) is 0 Å². The third kappa shape index (κ3) is 17.5. The van der Waals surface area contributed by atoms with Gasteiger partial charge in [-0.3, -0.25) is 14.4 Å². The van der Waals surface area contributed by atoms with Crippen molar-refractivity contribution < 1.29 is 203 Å². The average molecular weight is 1440 g/mol. The minimum Gasteiger partial charge on any atom is -0.394 e. The highest BCUT2D eigenvalue weighted by Crippen LogP contribution is 2.39. The molecule has 0 bridgehead atoms. The lowest BCUT2D eigenvalue weighted by Gasteiger charge is -2.50. The van der Waals surface area contributed by atoms with Crippen LogP contribution in [0, 0.1) is 0 Å². The van der Waals surface area contributed by atoms with E-state index in [-0.39, 0.29) is 0 Å². The van der Waals surface area contributed by atoms with Gasteiger partial charge in [0.2, 0.25) is 17.7 Å². The van der Waals surface area contributed by atoms with Crippen molar-refractivity contribution in [2.24, 2.45) is 0 Å². The van der Waals surface area contributed by atoms with E-state index in [1.807, 2.05) is 0 Å². The summed E-state index contributed by atoms with van der Waals surface area (Å²) in [6, 6.07) is -5.51. The van der Waals surface area contributed by atoms with Crippen LogP contribution in [0.15, 0.2) is 0 Å². The van der Waals surface area contributed by atoms with Crippen LogP contribution in [0.5, 0.6) is 0 Å². The fourth-order valence-corrected chi connectivity index (χ4v) is 12.6. The van der Waals surface area contributed by atoms with Gasteiger partial charge in [-0.05, 0) is 0 Å². The van der Waals surface area contributed by atoms with Crippen molar-refractivity contribution in [1.82, 2.24) is 16.0 Å². The van der Waals surface area contributed by atoms with Gasteiger partial charge in [0.15, 0.2) is 50.3 Å². The van der Waals surface area contributed by atoms with Crippen molar-refractivity contribution in [2.45, 2.75) is 266 Å². The Labute approximate surface area is 554 Å². The Hall–Kier alpha value is -3.11. The van der Waals surface area contributed by atoms with E-state index >= 15 is 0 Å². The van der Waals surface area contributed by atoms with Gasteiger partial charge in [-0.25, -0.2) is 0 Å². The van der Waals surface area contributed by atoms with E-state index in [0.717, 1.165) is 20.8 Å². The van der Waals surface area contributed by atoms with Gasteiger partial charge in [0.05, 0.1) is 52.9 Å². The summed E-state index contributed by atoms with van der Waals surface area (Å²) in [5, 5.41) is 257. The SMILES string of the molecule is CC(=O)N[C@H]1[C@H](OC[C@H]2O[C@@H](O[C@H]3[C@H](O)[C@@H](O)[C@H](O)O[C@@H]3CO)[C@H](O)[C@@H](O[C@@H]3O[C@H](CO)[C@@H](O)[C@H](O[C@@H]4O[C@H](CO)[C@H](O)[C@H](O)[C@H]4O)[C@H]3NC(C)=O)[C@H]2O)O[C@H](CO)[C@@H](O[C@@H]2O[C@H](CO)[C@H](O)[C@H](O[C@@H]3O[C@H](CO)[C@@H](O)[C@H](O[C@@H]4O[C@H](CO)[C@H](O)[C@H](O)[C@H]4O)[C@H]3NC(C)=O)[C@H]2O)[C@@H]1O. The number of hydrogen-bond acceptors (Lipinski definition) is 41. The quantitative estimate of drug-likeness (QED) is 0.0404. The molecule has 40 atom stereocenters. The van der Waals surface area contributed by atoms with E-state index in [0.29, 0.717) is 0 Å². The van der Waals surface area contributed by atoms with Crippen LogP contribution in [0.1, 0.15) is 20.8 Å². The smallest absolute Gasteiger partial charge is 0.217 e.